The van der Waals surface area contributed by atoms with Crippen LogP contribution in [-0.2, 0) is 24.0 Å². The molecule has 1 aromatic heterocycles. The molecule has 9 atom stereocenters. The van der Waals surface area contributed by atoms with Gasteiger partial charge in [0.15, 0.2) is 30.0 Å². The van der Waals surface area contributed by atoms with Crippen molar-refractivity contribution in [2.75, 3.05) is 6.54 Å². The Morgan fingerprint density at radius 3 is 2.39 bits per heavy atom. The van der Waals surface area contributed by atoms with Crippen LogP contribution in [0.5, 0.6) is 0 Å². The maximum absolute atomic E-state index is 16.0. The molecule has 3 saturated carbocycles. The van der Waals surface area contributed by atoms with E-state index in [0.717, 1.165) is 32.1 Å². The summed E-state index contributed by atoms with van der Waals surface area (Å²) in [5.74, 6) is -9.29. The molecule has 0 aromatic carbocycles. The molecule has 6 aliphatic rings. The van der Waals surface area contributed by atoms with Gasteiger partial charge in [0, 0.05) is 31.4 Å². The van der Waals surface area contributed by atoms with Gasteiger partial charge >= 0.3 is 5.91 Å². The van der Waals surface area contributed by atoms with Gasteiger partial charge in [0.05, 0.1) is 18.3 Å². The molecule has 3 aliphatic carbocycles. The summed E-state index contributed by atoms with van der Waals surface area (Å²) in [5.41, 5.74) is -0.910. The number of alkyl halides is 2. The van der Waals surface area contributed by atoms with E-state index >= 15 is 8.78 Å². The Kier molecular flexibility index (Phi) is 8.90. The molecule has 0 spiro atoms. The molecule has 5 amide bonds. The number of imidazole rings is 1. The molecular weight excluding hydrogens is 664 g/mol. The minimum absolute atomic E-state index is 0.0428. The Hall–Kier alpha value is -3.75. The number of rotatable bonds is 12. The summed E-state index contributed by atoms with van der Waals surface area (Å²) in [6.07, 6.45) is 8.69. The highest BCUT2D eigenvalue weighted by Gasteiger charge is 2.92. The number of carbonyl (C=O) groups excluding carboxylic acids is 6. The SMILES string of the molecule is CCCC(C(=O)C(=O)NC1CC1)[N+]12C(=O)[C@@H]3C4C(CN3C(=O)[C@@H](NC(=O)[C@@H](NC(=O)c3ncc[nH]3)C3CCCCC3)C(C)(C)C)C(F)(F)CC1C42. The van der Waals surface area contributed by atoms with Gasteiger partial charge in [-0.1, -0.05) is 53.4 Å². The van der Waals surface area contributed by atoms with Crippen LogP contribution in [-0.4, -0.2) is 109 Å². The lowest BCUT2D eigenvalue weighted by Crippen LogP contribution is -2.62. The number of aromatic amines is 1. The molecule has 0 radical (unpaired) electrons. The van der Waals surface area contributed by atoms with Crippen LogP contribution in [0.1, 0.15) is 103 Å². The van der Waals surface area contributed by atoms with Crippen molar-refractivity contribution in [3.05, 3.63) is 18.2 Å². The first-order valence-electron chi connectivity index (χ1n) is 18.7. The van der Waals surface area contributed by atoms with Gasteiger partial charge in [-0.15, -0.1) is 0 Å². The number of nitrogens with zero attached hydrogens (tertiary/aromatic N) is 3. The van der Waals surface area contributed by atoms with Crippen LogP contribution in [0.25, 0.3) is 0 Å². The van der Waals surface area contributed by atoms with Gasteiger partial charge in [0.2, 0.25) is 11.8 Å². The van der Waals surface area contributed by atoms with Crippen LogP contribution >= 0.6 is 0 Å². The van der Waals surface area contributed by atoms with Gasteiger partial charge in [-0.25, -0.2) is 23.0 Å². The molecule has 15 heteroatoms. The predicted octanol–water partition coefficient (Wildman–Crippen LogP) is 2.23. The summed E-state index contributed by atoms with van der Waals surface area (Å²) in [6, 6.07) is -5.95. The lowest BCUT2D eigenvalue weighted by atomic mass is 9.76. The van der Waals surface area contributed by atoms with Gasteiger partial charge in [-0.3, -0.25) is 24.0 Å². The fourth-order valence-corrected chi connectivity index (χ4v) is 10.0. The van der Waals surface area contributed by atoms with Gasteiger partial charge < -0.3 is 25.8 Å². The monoisotopic (exact) mass is 714 g/mol. The van der Waals surface area contributed by atoms with Crippen molar-refractivity contribution in [2.45, 2.75) is 140 Å². The molecular formula is C36H50F2N7O6+. The van der Waals surface area contributed by atoms with Crippen molar-refractivity contribution in [1.29, 1.82) is 0 Å². The van der Waals surface area contributed by atoms with E-state index in [9.17, 15) is 28.8 Å². The van der Waals surface area contributed by atoms with E-state index in [1.807, 2.05) is 6.92 Å². The number of carbonyl (C=O) groups is 6. The number of amides is 5. The zero-order valence-corrected chi connectivity index (χ0v) is 29.8. The number of aromatic nitrogens is 2. The Balaban J connectivity index is 1.17. The standard InChI is InChI=1S/C36H49F2N7O6/c1-5-9-21(27(46)31(48)41-19-12-13-19)45-22-16-36(37,38)20-17-44(25(34(45)51)23(20)26(22)45)33(50)28(35(2,3)4)43-30(47)24(18-10-7-6-8-11-18)42-32(49)29-39-14-15-40-29/h14-15,18-26,28H,5-13,16-17H2,1-4H3,(H3-,39,40,41,42,43,47,48,49)/p+1/t20?,21?,22?,23?,24-,25-,26?,28+,45?/m0/s1. The first-order chi connectivity index (χ1) is 24.1. The van der Waals surface area contributed by atoms with Gasteiger partial charge in [-0.05, 0) is 37.0 Å². The zero-order valence-electron chi connectivity index (χ0n) is 29.8. The van der Waals surface area contributed by atoms with Crippen molar-refractivity contribution in [1.82, 2.24) is 30.8 Å². The van der Waals surface area contributed by atoms with Crippen molar-refractivity contribution in [2.24, 2.45) is 23.2 Å². The summed E-state index contributed by atoms with van der Waals surface area (Å²) >= 11 is 0. The fourth-order valence-electron chi connectivity index (χ4n) is 10.0. The largest absolute Gasteiger partial charge is 0.347 e. The Morgan fingerprint density at radius 2 is 1.78 bits per heavy atom. The molecule has 51 heavy (non-hydrogen) atoms. The lowest BCUT2D eigenvalue weighted by Gasteiger charge is -2.37. The number of Topliss-reactive ketones (excluding diaryl/α,β-unsaturated/α-hetero) is 1. The second-order valence-electron chi connectivity index (χ2n) is 16.8. The molecule has 3 aliphatic heterocycles. The van der Waals surface area contributed by atoms with E-state index in [0.29, 0.717) is 19.3 Å². The smallest absolute Gasteiger partial charge is 0.338 e. The number of piperidine rings is 1. The van der Waals surface area contributed by atoms with Crippen molar-refractivity contribution in [3.63, 3.8) is 0 Å². The van der Waals surface area contributed by atoms with Crippen LogP contribution in [0.4, 0.5) is 8.78 Å². The van der Waals surface area contributed by atoms with E-state index in [2.05, 4.69) is 25.9 Å². The molecule has 4 N–H and O–H groups in total. The van der Waals surface area contributed by atoms with E-state index in [1.54, 1.807) is 20.8 Å². The third-order valence-electron chi connectivity index (χ3n) is 12.6. The van der Waals surface area contributed by atoms with E-state index in [1.165, 1.54) is 17.3 Å². The number of fused-ring (bicyclic) bond motifs is 1. The number of ketones is 1. The second-order valence-corrected chi connectivity index (χ2v) is 16.8. The highest BCUT2D eigenvalue weighted by atomic mass is 19.3. The Bertz CT molecular complexity index is 1600. The second kappa shape index (κ2) is 12.7. The Labute approximate surface area is 296 Å². The molecule has 1 aromatic rings. The molecule has 6 fully saturated rings. The number of hydrogen-bond acceptors (Lipinski definition) is 7. The number of likely N-dealkylation sites (tertiary alicyclic amines) is 1. The van der Waals surface area contributed by atoms with Crippen molar-refractivity contribution in [3.8, 4) is 0 Å². The van der Waals surface area contributed by atoms with E-state index in [4.69, 9.17) is 0 Å². The third kappa shape index (κ3) is 5.87. The maximum Gasteiger partial charge on any atom is 0.338 e. The van der Waals surface area contributed by atoms with Crippen molar-refractivity contribution < 1.29 is 42.0 Å². The maximum atomic E-state index is 16.0. The minimum Gasteiger partial charge on any atom is -0.347 e. The zero-order chi connectivity index (χ0) is 36.6. The highest BCUT2D eigenvalue weighted by Crippen LogP contribution is 2.68. The minimum atomic E-state index is -3.20. The van der Waals surface area contributed by atoms with E-state index < -0.39 is 106 Å². The van der Waals surface area contributed by atoms with Crippen LogP contribution < -0.4 is 16.0 Å². The third-order valence-corrected chi connectivity index (χ3v) is 12.6. The molecule has 3 saturated heterocycles. The van der Waals surface area contributed by atoms with Gasteiger partial charge in [0.25, 0.3) is 23.5 Å². The van der Waals surface area contributed by atoms with Crippen LogP contribution in [0.15, 0.2) is 12.4 Å². The van der Waals surface area contributed by atoms with E-state index in [-0.39, 0.29) is 30.7 Å². The number of quaternary nitrogens is 1. The normalized spacial score (nSPS) is 32.4. The average Bonchev–Trinajstić information content (AvgIpc) is 3.79. The van der Waals surface area contributed by atoms with Crippen LogP contribution in [0, 0.1) is 23.2 Å². The number of halogens is 2. The van der Waals surface area contributed by atoms with Gasteiger partial charge in [-0.2, -0.15) is 0 Å². The lowest BCUT2D eigenvalue weighted by molar-refractivity contribution is -0.761. The average molecular weight is 715 g/mol. The highest BCUT2D eigenvalue weighted by molar-refractivity contribution is 6.38. The van der Waals surface area contributed by atoms with Crippen molar-refractivity contribution >= 4 is 35.3 Å². The summed E-state index contributed by atoms with van der Waals surface area (Å²) < 4.78 is 31.5. The number of H-pyrrole nitrogens is 1. The number of hydrogen-bond donors (Lipinski definition) is 4. The first kappa shape index (κ1) is 35.6. The molecule has 6 unspecified atom stereocenters. The molecule has 4 heterocycles. The quantitative estimate of drug-likeness (QED) is 0.146. The summed E-state index contributed by atoms with van der Waals surface area (Å²) in [4.78, 5) is 91.3. The molecule has 278 valence electrons. The van der Waals surface area contributed by atoms with Crippen LogP contribution in [0.3, 0.4) is 0 Å². The summed E-state index contributed by atoms with van der Waals surface area (Å²) in [7, 11) is 0. The molecule has 13 nitrogen and oxygen atoms in total. The van der Waals surface area contributed by atoms with Gasteiger partial charge in [0.1, 0.15) is 12.1 Å². The topological polar surface area (TPSA) is 170 Å². The molecule has 7 rings (SSSR count). The first-order valence-corrected chi connectivity index (χ1v) is 18.7. The van der Waals surface area contributed by atoms with Crippen LogP contribution in [0.2, 0.25) is 0 Å². The number of nitrogens with one attached hydrogen (secondary N) is 4. The molecule has 0 bridgehead atoms. The predicted molar refractivity (Wildman–Crippen MR) is 178 cm³/mol. The Morgan fingerprint density at radius 1 is 1.08 bits per heavy atom. The fraction of sp³-hybridized carbons (Fsp3) is 0.750. The summed E-state index contributed by atoms with van der Waals surface area (Å²) in [5, 5.41) is 8.41. The summed E-state index contributed by atoms with van der Waals surface area (Å²) in [6.45, 7) is 6.73.